The van der Waals surface area contributed by atoms with Crippen molar-refractivity contribution in [3.8, 4) is 0 Å². The molecule has 4 rings (SSSR count). The highest BCUT2D eigenvalue weighted by Crippen LogP contribution is 2.39. The van der Waals surface area contributed by atoms with Gasteiger partial charge in [0.05, 0.1) is 5.52 Å². The number of fused-ring (bicyclic) bond motifs is 1. The highest BCUT2D eigenvalue weighted by Gasteiger charge is 2.36. The van der Waals surface area contributed by atoms with Crippen molar-refractivity contribution in [2.45, 2.75) is 52.5 Å². The van der Waals surface area contributed by atoms with E-state index in [2.05, 4.69) is 54.2 Å². The highest BCUT2D eigenvalue weighted by atomic mass is 16.2. The summed E-state index contributed by atoms with van der Waals surface area (Å²) in [5, 5.41) is 4.59. The smallest absolute Gasteiger partial charge is 0.223 e. The van der Waals surface area contributed by atoms with Crippen molar-refractivity contribution in [2.75, 3.05) is 18.0 Å². The van der Waals surface area contributed by atoms with Crippen LogP contribution in [0.3, 0.4) is 0 Å². The number of carbonyl (C=O) groups excluding carboxylic acids is 1. The molecule has 4 heteroatoms. The Bertz CT molecular complexity index is 829. The molecule has 0 bridgehead atoms. The van der Waals surface area contributed by atoms with Gasteiger partial charge in [0.25, 0.3) is 0 Å². The normalized spacial score (nSPS) is 24.0. The summed E-state index contributed by atoms with van der Waals surface area (Å²) in [4.78, 5) is 19.8. The molecule has 2 heterocycles. The van der Waals surface area contributed by atoms with Crippen LogP contribution >= 0.6 is 0 Å². The summed E-state index contributed by atoms with van der Waals surface area (Å²) in [7, 11) is 0. The van der Waals surface area contributed by atoms with E-state index in [-0.39, 0.29) is 17.9 Å². The van der Waals surface area contributed by atoms with Gasteiger partial charge in [-0.25, -0.2) is 0 Å². The SMILES string of the molecule is CCC(C(=O)N[C@@H]1C[C@H](C)CN(c2ccc(C)c3ncccc23)C1)C1CC1. The summed E-state index contributed by atoms with van der Waals surface area (Å²) in [5.74, 6) is 1.66. The number of aromatic nitrogens is 1. The molecule has 2 aliphatic rings. The molecule has 3 atom stereocenters. The van der Waals surface area contributed by atoms with Gasteiger partial charge in [0.1, 0.15) is 0 Å². The van der Waals surface area contributed by atoms with Gasteiger partial charge in [-0.3, -0.25) is 9.78 Å². The van der Waals surface area contributed by atoms with E-state index in [0.717, 1.165) is 31.4 Å². The van der Waals surface area contributed by atoms with Crippen LogP contribution in [-0.4, -0.2) is 30.0 Å². The second-order valence-electron chi connectivity index (χ2n) is 8.60. The molecule has 2 fully saturated rings. The minimum atomic E-state index is 0.208. The monoisotopic (exact) mass is 365 g/mol. The van der Waals surface area contributed by atoms with Crippen molar-refractivity contribution >= 4 is 22.5 Å². The number of amides is 1. The van der Waals surface area contributed by atoms with Crippen LogP contribution in [0, 0.1) is 24.7 Å². The fraction of sp³-hybridized carbons (Fsp3) is 0.565. The van der Waals surface area contributed by atoms with E-state index in [9.17, 15) is 4.79 Å². The number of carbonyl (C=O) groups is 1. The van der Waals surface area contributed by atoms with Crippen molar-refractivity contribution in [1.29, 1.82) is 0 Å². The lowest BCUT2D eigenvalue weighted by molar-refractivity contribution is -0.126. The first-order valence-corrected chi connectivity index (χ1v) is 10.5. The molecule has 27 heavy (non-hydrogen) atoms. The van der Waals surface area contributed by atoms with Crippen LogP contribution in [-0.2, 0) is 4.79 Å². The molecule has 1 aliphatic heterocycles. The van der Waals surface area contributed by atoms with Gasteiger partial charge in [0, 0.05) is 42.3 Å². The van der Waals surface area contributed by atoms with Gasteiger partial charge in [0.15, 0.2) is 0 Å². The fourth-order valence-electron chi connectivity index (χ4n) is 4.77. The Balaban J connectivity index is 1.54. The quantitative estimate of drug-likeness (QED) is 0.859. The number of nitrogens with zero attached hydrogens (tertiary/aromatic N) is 2. The van der Waals surface area contributed by atoms with E-state index in [1.807, 2.05) is 12.3 Å². The summed E-state index contributed by atoms with van der Waals surface area (Å²) in [6, 6.07) is 8.78. The first kappa shape index (κ1) is 18.3. The Morgan fingerprint density at radius 1 is 1.30 bits per heavy atom. The maximum Gasteiger partial charge on any atom is 0.223 e. The van der Waals surface area contributed by atoms with Crippen LogP contribution in [0.5, 0.6) is 0 Å². The number of hydrogen-bond donors (Lipinski definition) is 1. The minimum absolute atomic E-state index is 0.208. The lowest BCUT2D eigenvalue weighted by Crippen LogP contribution is -2.51. The number of hydrogen-bond acceptors (Lipinski definition) is 3. The molecule has 1 amide bonds. The first-order chi connectivity index (χ1) is 13.1. The standard InChI is InChI=1S/C23H31N3O/c1-4-19(17-8-9-17)23(27)25-18-12-15(2)13-26(14-18)21-10-7-16(3)22-20(21)6-5-11-24-22/h5-7,10-11,15,17-19H,4,8-9,12-14H2,1-3H3,(H,25,27)/t15-,18+,19?/m0/s1. The van der Waals surface area contributed by atoms with Crippen molar-refractivity contribution in [3.05, 3.63) is 36.0 Å². The zero-order chi connectivity index (χ0) is 19.0. The van der Waals surface area contributed by atoms with Crippen LogP contribution < -0.4 is 10.2 Å². The molecule has 1 aliphatic carbocycles. The molecule has 2 aromatic rings. The Morgan fingerprint density at radius 3 is 2.85 bits per heavy atom. The van der Waals surface area contributed by atoms with Gasteiger partial charge in [0.2, 0.25) is 5.91 Å². The highest BCUT2D eigenvalue weighted by molar-refractivity contribution is 5.93. The van der Waals surface area contributed by atoms with Crippen molar-refractivity contribution in [1.82, 2.24) is 10.3 Å². The molecule has 1 saturated carbocycles. The largest absolute Gasteiger partial charge is 0.369 e. The predicted octanol–water partition coefficient (Wildman–Crippen LogP) is 4.31. The molecular formula is C23H31N3O. The van der Waals surface area contributed by atoms with Crippen LogP contribution in [0.4, 0.5) is 5.69 Å². The molecular weight excluding hydrogens is 334 g/mol. The molecule has 1 unspecified atom stereocenters. The Morgan fingerprint density at radius 2 is 2.11 bits per heavy atom. The van der Waals surface area contributed by atoms with E-state index in [0.29, 0.717) is 11.8 Å². The lowest BCUT2D eigenvalue weighted by atomic mass is 9.93. The van der Waals surface area contributed by atoms with E-state index < -0.39 is 0 Å². The van der Waals surface area contributed by atoms with Crippen molar-refractivity contribution < 1.29 is 4.79 Å². The molecule has 1 N–H and O–H groups in total. The summed E-state index contributed by atoms with van der Waals surface area (Å²) in [5.41, 5.74) is 3.52. The average Bonchev–Trinajstić information content (AvgIpc) is 3.47. The van der Waals surface area contributed by atoms with Crippen LogP contribution in [0.1, 0.15) is 45.1 Å². The second kappa shape index (κ2) is 7.49. The fourth-order valence-corrected chi connectivity index (χ4v) is 4.77. The van der Waals surface area contributed by atoms with Gasteiger partial charge >= 0.3 is 0 Å². The van der Waals surface area contributed by atoms with E-state index >= 15 is 0 Å². The Hall–Kier alpha value is -2.10. The van der Waals surface area contributed by atoms with Gasteiger partial charge in [-0.2, -0.15) is 0 Å². The maximum atomic E-state index is 12.8. The maximum absolute atomic E-state index is 12.8. The predicted molar refractivity (Wildman–Crippen MR) is 111 cm³/mol. The third-order valence-electron chi connectivity index (χ3n) is 6.26. The number of rotatable bonds is 5. The molecule has 0 spiro atoms. The molecule has 1 aromatic carbocycles. The van der Waals surface area contributed by atoms with Crippen LogP contribution in [0.25, 0.3) is 10.9 Å². The summed E-state index contributed by atoms with van der Waals surface area (Å²) in [6.45, 7) is 8.45. The Kier molecular flexibility index (Phi) is 5.07. The molecule has 4 nitrogen and oxygen atoms in total. The third kappa shape index (κ3) is 3.80. The minimum Gasteiger partial charge on any atom is -0.369 e. The zero-order valence-electron chi connectivity index (χ0n) is 16.7. The van der Waals surface area contributed by atoms with Gasteiger partial charge < -0.3 is 10.2 Å². The molecule has 144 valence electrons. The number of aryl methyl sites for hydroxylation is 1. The molecule has 1 aromatic heterocycles. The van der Waals surface area contributed by atoms with E-state index in [1.54, 1.807) is 0 Å². The van der Waals surface area contributed by atoms with E-state index in [1.165, 1.54) is 29.5 Å². The number of nitrogens with one attached hydrogen (secondary N) is 1. The molecule has 0 radical (unpaired) electrons. The summed E-state index contributed by atoms with van der Waals surface area (Å²) in [6.07, 6.45) is 6.33. The number of pyridine rings is 1. The van der Waals surface area contributed by atoms with Gasteiger partial charge in [-0.15, -0.1) is 0 Å². The first-order valence-electron chi connectivity index (χ1n) is 10.5. The van der Waals surface area contributed by atoms with Crippen LogP contribution in [0.15, 0.2) is 30.5 Å². The topological polar surface area (TPSA) is 45.2 Å². The average molecular weight is 366 g/mol. The van der Waals surface area contributed by atoms with Crippen molar-refractivity contribution in [3.63, 3.8) is 0 Å². The third-order valence-corrected chi connectivity index (χ3v) is 6.26. The van der Waals surface area contributed by atoms with Crippen LogP contribution in [0.2, 0.25) is 0 Å². The number of piperidine rings is 1. The van der Waals surface area contributed by atoms with E-state index in [4.69, 9.17) is 0 Å². The zero-order valence-corrected chi connectivity index (χ0v) is 16.7. The lowest BCUT2D eigenvalue weighted by Gasteiger charge is -2.39. The number of benzene rings is 1. The summed E-state index contributed by atoms with van der Waals surface area (Å²) >= 11 is 0. The van der Waals surface area contributed by atoms with Crippen molar-refractivity contribution in [2.24, 2.45) is 17.8 Å². The number of anilines is 1. The van der Waals surface area contributed by atoms with Gasteiger partial charge in [-0.05, 0) is 68.2 Å². The second-order valence-corrected chi connectivity index (χ2v) is 8.60. The Labute approximate surface area is 162 Å². The van der Waals surface area contributed by atoms with Gasteiger partial charge in [-0.1, -0.05) is 19.9 Å². The summed E-state index contributed by atoms with van der Waals surface area (Å²) < 4.78 is 0. The molecule has 1 saturated heterocycles.